The van der Waals surface area contributed by atoms with E-state index in [9.17, 15) is 0 Å². The van der Waals surface area contributed by atoms with E-state index in [1.165, 1.54) is 10.4 Å². The lowest BCUT2D eigenvalue weighted by atomic mass is 9.97. The Balaban J connectivity index is 2.18. The van der Waals surface area contributed by atoms with E-state index < -0.39 is 0 Å². The molecule has 0 aliphatic carbocycles. The van der Waals surface area contributed by atoms with Crippen molar-refractivity contribution in [3.05, 3.63) is 46.2 Å². The van der Waals surface area contributed by atoms with Crippen LogP contribution >= 0.6 is 11.3 Å². The maximum Gasteiger partial charge on any atom is 0.161 e. The Hall–Kier alpha value is -1.52. The van der Waals surface area contributed by atoms with Gasteiger partial charge >= 0.3 is 0 Å². The number of thiophene rings is 1. The molecule has 2 N–H and O–H groups in total. The van der Waals surface area contributed by atoms with E-state index in [-0.39, 0.29) is 6.10 Å². The Kier molecular flexibility index (Phi) is 6.28. The Morgan fingerprint density at radius 3 is 2.59 bits per heavy atom. The van der Waals surface area contributed by atoms with Gasteiger partial charge in [-0.15, -0.1) is 11.3 Å². The van der Waals surface area contributed by atoms with Crippen LogP contribution < -0.4 is 15.2 Å². The summed E-state index contributed by atoms with van der Waals surface area (Å²) in [5.41, 5.74) is 7.18. The molecular weight excluding hydrogens is 294 g/mol. The molecule has 1 atom stereocenters. The van der Waals surface area contributed by atoms with Crippen LogP contribution in [0.4, 0.5) is 0 Å². The van der Waals surface area contributed by atoms with Crippen LogP contribution in [0.25, 0.3) is 0 Å². The molecule has 120 valence electrons. The van der Waals surface area contributed by atoms with Crippen LogP contribution in [0.5, 0.6) is 11.5 Å². The zero-order chi connectivity index (χ0) is 15.9. The van der Waals surface area contributed by atoms with E-state index in [0.717, 1.165) is 17.9 Å². The monoisotopic (exact) mass is 319 g/mol. The van der Waals surface area contributed by atoms with E-state index in [4.69, 9.17) is 15.2 Å². The van der Waals surface area contributed by atoms with Gasteiger partial charge in [0.1, 0.15) is 0 Å². The molecule has 0 amide bonds. The second-order valence-corrected chi connectivity index (χ2v) is 6.51. The molecule has 0 radical (unpaired) electrons. The predicted octanol–water partition coefficient (Wildman–Crippen LogP) is 4.22. The number of ether oxygens (including phenoxy) is 2. The van der Waals surface area contributed by atoms with Gasteiger partial charge in [-0.25, -0.2) is 0 Å². The first-order chi connectivity index (χ1) is 10.6. The lowest BCUT2D eigenvalue weighted by Crippen LogP contribution is -2.14. The Morgan fingerprint density at radius 2 is 2.00 bits per heavy atom. The number of rotatable bonds is 8. The zero-order valence-corrected chi connectivity index (χ0v) is 14.4. The van der Waals surface area contributed by atoms with Gasteiger partial charge in [-0.3, -0.25) is 0 Å². The van der Waals surface area contributed by atoms with Crippen LogP contribution in [0.2, 0.25) is 0 Å². The Bertz CT molecular complexity index is 566. The van der Waals surface area contributed by atoms with Gasteiger partial charge in [-0.2, -0.15) is 0 Å². The number of nitrogens with two attached hydrogens (primary N) is 1. The summed E-state index contributed by atoms with van der Waals surface area (Å²) in [6.07, 6.45) is 1.05. The SMILES string of the molecule is CCOc1cc(CC(CN)c2cccs2)ccc1OC(C)C. The average molecular weight is 319 g/mol. The third kappa shape index (κ3) is 4.49. The van der Waals surface area contributed by atoms with Gasteiger partial charge in [0.05, 0.1) is 12.7 Å². The molecule has 0 saturated carbocycles. The second-order valence-electron chi connectivity index (χ2n) is 5.53. The van der Waals surface area contributed by atoms with Crippen molar-refractivity contribution in [3.63, 3.8) is 0 Å². The smallest absolute Gasteiger partial charge is 0.161 e. The quantitative estimate of drug-likeness (QED) is 0.792. The minimum Gasteiger partial charge on any atom is -0.490 e. The Morgan fingerprint density at radius 1 is 1.18 bits per heavy atom. The van der Waals surface area contributed by atoms with Crippen molar-refractivity contribution in [1.82, 2.24) is 0 Å². The molecule has 2 aromatic rings. The summed E-state index contributed by atoms with van der Waals surface area (Å²) in [6.45, 7) is 7.30. The Labute approximate surface area is 137 Å². The lowest BCUT2D eigenvalue weighted by Gasteiger charge is -2.17. The first-order valence-electron chi connectivity index (χ1n) is 7.79. The summed E-state index contributed by atoms with van der Waals surface area (Å²) in [6, 6.07) is 10.4. The van der Waals surface area contributed by atoms with Crippen LogP contribution in [0.3, 0.4) is 0 Å². The molecule has 0 aliphatic rings. The molecule has 2 rings (SSSR count). The first kappa shape index (κ1) is 16.8. The van der Waals surface area contributed by atoms with E-state index in [1.54, 1.807) is 11.3 Å². The maximum atomic E-state index is 5.96. The molecule has 3 nitrogen and oxygen atoms in total. The molecule has 1 heterocycles. The van der Waals surface area contributed by atoms with Gasteiger partial charge in [0.25, 0.3) is 0 Å². The van der Waals surface area contributed by atoms with Crippen molar-refractivity contribution in [1.29, 1.82) is 0 Å². The van der Waals surface area contributed by atoms with E-state index in [1.807, 2.05) is 26.8 Å². The summed E-state index contributed by atoms with van der Waals surface area (Å²) in [4.78, 5) is 1.34. The fraction of sp³-hybridized carbons (Fsp3) is 0.444. The summed E-state index contributed by atoms with van der Waals surface area (Å²) < 4.78 is 11.5. The van der Waals surface area contributed by atoms with Crippen LogP contribution in [0.1, 0.15) is 37.1 Å². The third-order valence-electron chi connectivity index (χ3n) is 3.38. The fourth-order valence-electron chi connectivity index (χ4n) is 2.41. The van der Waals surface area contributed by atoms with Gasteiger partial charge in [-0.05, 0) is 56.3 Å². The summed E-state index contributed by atoms with van der Waals surface area (Å²) >= 11 is 1.76. The first-order valence-corrected chi connectivity index (χ1v) is 8.67. The molecule has 1 aromatic heterocycles. The highest BCUT2D eigenvalue weighted by Gasteiger charge is 2.14. The van der Waals surface area contributed by atoms with Gasteiger partial charge < -0.3 is 15.2 Å². The molecule has 0 fully saturated rings. The highest BCUT2D eigenvalue weighted by molar-refractivity contribution is 7.10. The van der Waals surface area contributed by atoms with Crippen LogP contribution in [0.15, 0.2) is 35.7 Å². The predicted molar refractivity (Wildman–Crippen MR) is 93.2 cm³/mol. The van der Waals surface area contributed by atoms with Gasteiger partial charge in [-0.1, -0.05) is 12.1 Å². The highest BCUT2D eigenvalue weighted by atomic mass is 32.1. The topological polar surface area (TPSA) is 44.5 Å². The molecule has 1 unspecified atom stereocenters. The maximum absolute atomic E-state index is 5.96. The van der Waals surface area contributed by atoms with Crippen molar-refractivity contribution in [3.8, 4) is 11.5 Å². The minimum absolute atomic E-state index is 0.132. The zero-order valence-electron chi connectivity index (χ0n) is 13.5. The van der Waals surface area contributed by atoms with Crippen LogP contribution in [-0.4, -0.2) is 19.3 Å². The molecule has 4 heteroatoms. The standard InChI is InChI=1S/C18H25NO2S/c1-4-20-17-11-14(7-8-16(17)21-13(2)3)10-15(12-19)18-6-5-9-22-18/h5-9,11,13,15H,4,10,12,19H2,1-3H3. The van der Waals surface area contributed by atoms with Gasteiger partial charge in [0.2, 0.25) is 0 Å². The van der Waals surface area contributed by atoms with Crippen LogP contribution in [0, 0.1) is 0 Å². The average Bonchev–Trinajstić information content (AvgIpc) is 3.01. The van der Waals surface area contributed by atoms with Crippen LogP contribution in [-0.2, 0) is 6.42 Å². The second kappa shape index (κ2) is 8.20. The molecule has 1 aromatic carbocycles. The normalized spacial score (nSPS) is 12.4. The van der Waals surface area contributed by atoms with E-state index in [2.05, 4.69) is 29.6 Å². The van der Waals surface area contributed by atoms with Crippen molar-refractivity contribution in [2.75, 3.05) is 13.2 Å². The van der Waals surface area contributed by atoms with Crippen molar-refractivity contribution in [2.24, 2.45) is 5.73 Å². The third-order valence-corrected chi connectivity index (χ3v) is 4.42. The van der Waals surface area contributed by atoms with Crippen molar-refractivity contribution < 1.29 is 9.47 Å². The van der Waals surface area contributed by atoms with E-state index in [0.29, 0.717) is 19.1 Å². The fourth-order valence-corrected chi connectivity index (χ4v) is 3.25. The largest absolute Gasteiger partial charge is 0.490 e. The lowest BCUT2D eigenvalue weighted by molar-refractivity contribution is 0.223. The molecule has 22 heavy (non-hydrogen) atoms. The molecule has 0 spiro atoms. The number of benzene rings is 1. The van der Waals surface area contributed by atoms with Crippen molar-refractivity contribution in [2.45, 2.75) is 39.2 Å². The summed E-state index contributed by atoms with van der Waals surface area (Å²) in [5.74, 6) is 1.98. The molecule has 0 saturated heterocycles. The van der Waals surface area contributed by atoms with E-state index >= 15 is 0 Å². The molecular formula is C18H25NO2S. The number of hydrogen-bond donors (Lipinski definition) is 1. The summed E-state index contributed by atoms with van der Waals surface area (Å²) in [7, 11) is 0. The van der Waals surface area contributed by atoms with Gasteiger partial charge in [0.15, 0.2) is 11.5 Å². The minimum atomic E-state index is 0.132. The van der Waals surface area contributed by atoms with Crippen molar-refractivity contribution >= 4 is 11.3 Å². The molecule has 0 bridgehead atoms. The van der Waals surface area contributed by atoms with Gasteiger partial charge in [0, 0.05) is 17.3 Å². The number of hydrogen-bond acceptors (Lipinski definition) is 4. The summed E-state index contributed by atoms with van der Waals surface area (Å²) in [5, 5.41) is 2.10. The highest BCUT2D eigenvalue weighted by Crippen LogP contribution is 2.32. The molecule has 0 aliphatic heterocycles.